The summed E-state index contributed by atoms with van der Waals surface area (Å²) in [6.45, 7) is 0.856. The molecular weight excluding hydrogens is 320 g/mol. The largest absolute Gasteiger partial charge is 0.508 e. The van der Waals surface area contributed by atoms with Gasteiger partial charge in [-0.25, -0.2) is 0 Å². The molecule has 3 heteroatoms. The minimum Gasteiger partial charge on any atom is -0.508 e. The number of hydrogen-bond acceptors (Lipinski definition) is 1. The number of rotatable bonds is 2. The van der Waals surface area contributed by atoms with E-state index in [2.05, 4.69) is 46.1 Å². The molecule has 3 aromatic carbocycles. The molecule has 0 saturated carbocycles. The van der Waals surface area contributed by atoms with Crippen LogP contribution in [-0.2, 0) is 6.54 Å². The van der Waals surface area contributed by atoms with Gasteiger partial charge in [-0.05, 0) is 47.3 Å². The molecule has 0 bridgehead atoms. The van der Waals surface area contributed by atoms with Crippen molar-refractivity contribution in [2.75, 3.05) is 0 Å². The summed E-state index contributed by atoms with van der Waals surface area (Å²) in [5.41, 5.74) is 3.63. The second-order valence-electron chi connectivity index (χ2n) is 6.24. The molecule has 0 aliphatic carbocycles. The summed E-state index contributed by atoms with van der Waals surface area (Å²) in [5, 5.41) is 11.8. The molecule has 2 heterocycles. The van der Waals surface area contributed by atoms with Crippen LogP contribution < -0.4 is 0 Å². The summed E-state index contributed by atoms with van der Waals surface area (Å²) in [6.07, 6.45) is 4.00. The van der Waals surface area contributed by atoms with Crippen LogP contribution in [0.3, 0.4) is 0 Å². The van der Waals surface area contributed by atoms with E-state index < -0.39 is 0 Å². The molecule has 0 radical (unpaired) electrons. The number of nitrogens with one attached hydrogen (secondary N) is 1. The predicted molar refractivity (Wildman–Crippen MR) is 107 cm³/mol. The third kappa shape index (κ3) is 3.47. The van der Waals surface area contributed by atoms with E-state index in [0.717, 1.165) is 17.4 Å². The van der Waals surface area contributed by atoms with Gasteiger partial charge in [-0.2, -0.15) is 0 Å². The minimum absolute atomic E-state index is 0.315. The quantitative estimate of drug-likeness (QED) is 0.434. The highest BCUT2D eigenvalue weighted by Crippen LogP contribution is 2.21. The molecule has 0 aliphatic heterocycles. The Morgan fingerprint density at radius 3 is 2.42 bits per heavy atom. The van der Waals surface area contributed by atoms with Crippen LogP contribution in [-0.4, -0.2) is 14.7 Å². The van der Waals surface area contributed by atoms with E-state index in [0.29, 0.717) is 5.75 Å². The Bertz CT molecular complexity index is 1090. The number of fused-ring (bicyclic) bond motifs is 2. The van der Waals surface area contributed by atoms with E-state index in [1.165, 1.54) is 16.5 Å². The topological polar surface area (TPSA) is 41.0 Å². The number of aromatic amines is 1. The number of nitrogens with zero attached hydrogens (tertiary/aromatic N) is 1. The molecule has 0 unspecified atom stereocenters. The third-order valence-electron chi connectivity index (χ3n) is 4.41. The maximum atomic E-state index is 9.42. The van der Waals surface area contributed by atoms with Crippen LogP contribution in [0, 0.1) is 0 Å². The summed E-state index contributed by atoms with van der Waals surface area (Å²) in [7, 11) is 0. The van der Waals surface area contributed by atoms with Crippen LogP contribution in [0.15, 0.2) is 97.3 Å². The zero-order valence-corrected chi connectivity index (χ0v) is 14.3. The van der Waals surface area contributed by atoms with Crippen LogP contribution >= 0.6 is 0 Å². The Morgan fingerprint density at radius 1 is 0.769 bits per heavy atom. The van der Waals surface area contributed by atoms with Crippen molar-refractivity contribution in [3.8, 4) is 5.75 Å². The molecule has 2 aromatic heterocycles. The highest BCUT2D eigenvalue weighted by molar-refractivity contribution is 5.81. The summed E-state index contributed by atoms with van der Waals surface area (Å²) < 4.78 is 2.18. The van der Waals surface area contributed by atoms with E-state index >= 15 is 0 Å². The van der Waals surface area contributed by atoms with Gasteiger partial charge in [-0.1, -0.05) is 48.5 Å². The smallest absolute Gasteiger partial charge is 0.116 e. The summed E-state index contributed by atoms with van der Waals surface area (Å²) in [4.78, 5) is 3.12. The molecule has 0 atom stereocenters. The normalized spacial score (nSPS) is 10.6. The first-order valence-electron chi connectivity index (χ1n) is 8.63. The van der Waals surface area contributed by atoms with Crippen molar-refractivity contribution in [2.24, 2.45) is 0 Å². The van der Waals surface area contributed by atoms with Crippen LogP contribution in [0.4, 0.5) is 0 Å². The van der Waals surface area contributed by atoms with Crippen molar-refractivity contribution in [1.82, 2.24) is 9.55 Å². The lowest BCUT2D eigenvalue weighted by Crippen LogP contribution is -1.96. The molecule has 0 spiro atoms. The average molecular weight is 340 g/mol. The second kappa shape index (κ2) is 7.19. The van der Waals surface area contributed by atoms with Gasteiger partial charge in [0.2, 0.25) is 0 Å². The highest BCUT2D eigenvalue weighted by atomic mass is 16.3. The number of hydrogen-bond donors (Lipinski definition) is 2. The van der Waals surface area contributed by atoms with Crippen molar-refractivity contribution in [1.29, 1.82) is 0 Å². The lowest BCUT2D eigenvalue weighted by Gasteiger charge is -2.05. The Balaban J connectivity index is 0.000000157. The number of para-hydroxylation sites is 1. The molecule has 0 amide bonds. The molecule has 0 saturated heterocycles. The number of phenolic OH excluding ortho intramolecular Hbond substituents is 1. The van der Waals surface area contributed by atoms with E-state index in [-0.39, 0.29) is 0 Å². The summed E-state index contributed by atoms with van der Waals surface area (Å²) in [6, 6.07) is 28.1. The van der Waals surface area contributed by atoms with Crippen molar-refractivity contribution in [3.63, 3.8) is 0 Å². The van der Waals surface area contributed by atoms with E-state index in [9.17, 15) is 5.11 Å². The fourth-order valence-corrected chi connectivity index (χ4v) is 3.10. The molecule has 26 heavy (non-hydrogen) atoms. The number of aromatic hydroxyl groups is 1. The fourth-order valence-electron chi connectivity index (χ4n) is 3.10. The van der Waals surface area contributed by atoms with Crippen molar-refractivity contribution >= 4 is 21.8 Å². The summed E-state index contributed by atoms with van der Waals surface area (Å²) >= 11 is 0. The van der Waals surface area contributed by atoms with Crippen LogP contribution in [0.1, 0.15) is 5.56 Å². The van der Waals surface area contributed by atoms with Gasteiger partial charge in [0, 0.05) is 35.4 Å². The van der Waals surface area contributed by atoms with Crippen molar-refractivity contribution in [2.45, 2.75) is 6.54 Å². The average Bonchev–Trinajstić information content (AvgIpc) is 3.30. The molecular formula is C23H20N2O. The lowest BCUT2D eigenvalue weighted by atomic mass is 10.2. The fraction of sp³-hybridized carbons (Fsp3) is 0.0435. The number of benzene rings is 3. The first-order chi connectivity index (χ1) is 12.8. The first kappa shape index (κ1) is 16.0. The predicted octanol–water partition coefficient (Wildman–Crippen LogP) is 5.56. The van der Waals surface area contributed by atoms with Crippen LogP contribution in [0.25, 0.3) is 21.8 Å². The molecule has 2 N–H and O–H groups in total. The van der Waals surface area contributed by atoms with E-state index in [4.69, 9.17) is 0 Å². The van der Waals surface area contributed by atoms with Gasteiger partial charge < -0.3 is 14.7 Å². The number of phenols is 1. The van der Waals surface area contributed by atoms with Gasteiger partial charge in [0.15, 0.2) is 0 Å². The Morgan fingerprint density at radius 2 is 1.58 bits per heavy atom. The van der Waals surface area contributed by atoms with Crippen molar-refractivity contribution in [3.05, 3.63) is 103 Å². The first-order valence-corrected chi connectivity index (χ1v) is 8.63. The van der Waals surface area contributed by atoms with E-state index in [1.807, 2.05) is 48.7 Å². The van der Waals surface area contributed by atoms with Gasteiger partial charge in [0.05, 0.1) is 0 Å². The standard InChI is InChI=1S/C15H13NO.C8H7N/c17-14-6-7-15-13(10-14)8-9-16(15)11-12-4-2-1-3-5-12;1-2-4-8-7(3-1)5-6-9-8/h1-10,17H,11H2;1-6,9H. The van der Waals surface area contributed by atoms with Crippen molar-refractivity contribution < 1.29 is 5.11 Å². The van der Waals surface area contributed by atoms with Crippen LogP contribution in [0.5, 0.6) is 5.75 Å². The third-order valence-corrected chi connectivity index (χ3v) is 4.41. The maximum Gasteiger partial charge on any atom is 0.116 e. The molecule has 5 rings (SSSR count). The monoisotopic (exact) mass is 340 g/mol. The summed E-state index contributed by atoms with van der Waals surface area (Å²) in [5.74, 6) is 0.315. The van der Waals surface area contributed by atoms with Gasteiger partial charge in [0.25, 0.3) is 0 Å². The van der Waals surface area contributed by atoms with Gasteiger partial charge in [-0.15, -0.1) is 0 Å². The zero-order chi connectivity index (χ0) is 17.8. The van der Waals surface area contributed by atoms with Crippen LogP contribution in [0.2, 0.25) is 0 Å². The van der Waals surface area contributed by atoms with E-state index in [1.54, 1.807) is 12.1 Å². The number of aromatic nitrogens is 2. The van der Waals surface area contributed by atoms with Gasteiger partial charge in [-0.3, -0.25) is 0 Å². The minimum atomic E-state index is 0.315. The van der Waals surface area contributed by atoms with Gasteiger partial charge in [0.1, 0.15) is 5.75 Å². The molecule has 5 aromatic rings. The SMILES string of the molecule is Oc1ccc2c(ccn2Cc2ccccc2)c1.c1ccc2[nH]ccc2c1. The second-order valence-corrected chi connectivity index (χ2v) is 6.24. The Labute approximate surface area is 152 Å². The highest BCUT2D eigenvalue weighted by Gasteiger charge is 2.02. The van der Waals surface area contributed by atoms with Gasteiger partial charge >= 0.3 is 0 Å². The maximum absolute atomic E-state index is 9.42. The Hall–Kier alpha value is -3.46. The zero-order valence-electron chi connectivity index (χ0n) is 14.3. The molecule has 0 fully saturated rings. The molecule has 128 valence electrons. The molecule has 3 nitrogen and oxygen atoms in total. The molecule has 0 aliphatic rings. The Kier molecular flexibility index (Phi) is 4.44. The number of H-pyrrole nitrogens is 1. The lowest BCUT2D eigenvalue weighted by molar-refractivity contribution is 0.476.